The van der Waals surface area contributed by atoms with Crippen LogP contribution in [0.25, 0.3) is 0 Å². The molecule has 9 heteroatoms. The molecule has 0 aromatic heterocycles. The average Bonchev–Trinajstić information content (AvgIpc) is 2.56. The Labute approximate surface area is 153 Å². The van der Waals surface area contributed by atoms with Crippen molar-refractivity contribution >= 4 is 19.7 Å². The van der Waals surface area contributed by atoms with Crippen LogP contribution in [0.3, 0.4) is 0 Å². The highest BCUT2D eigenvalue weighted by Gasteiger charge is 2.45. The van der Waals surface area contributed by atoms with Crippen LogP contribution in [0.15, 0.2) is 30.3 Å². The number of nitrogens with one attached hydrogen (secondary N) is 1. The molecule has 0 heterocycles. The van der Waals surface area contributed by atoms with E-state index in [0.717, 1.165) is 12.7 Å². The van der Waals surface area contributed by atoms with Gasteiger partial charge in [0.25, 0.3) is 0 Å². The summed E-state index contributed by atoms with van der Waals surface area (Å²) in [6, 6.07) is 8.99. The monoisotopic (exact) mass is 387 g/mol. The number of carbonyl (C=O) groups is 2. The van der Waals surface area contributed by atoms with Crippen molar-refractivity contribution < 1.29 is 32.7 Å². The Morgan fingerprint density at radius 3 is 2.04 bits per heavy atom. The molecule has 1 unspecified atom stereocenters. The topological polar surface area (TPSA) is 100 Å². The zero-order valence-electron chi connectivity index (χ0n) is 15.6. The first-order chi connectivity index (χ1) is 12.2. The molecule has 0 aliphatic rings. The first-order valence-electron chi connectivity index (χ1n) is 8.19. The lowest BCUT2D eigenvalue weighted by Gasteiger charge is -2.28. The number of hydrogen-bond acceptors (Lipinski definition) is 7. The van der Waals surface area contributed by atoms with Crippen LogP contribution >= 0.6 is 7.60 Å². The Morgan fingerprint density at radius 2 is 1.58 bits per heavy atom. The van der Waals surface area contributed by atoms with Gasteiger partial charge in [0.2, 0.25) is 5.78 Å². The first-order valence-corrected chi connectivity index (χ1v) is 9.80. The molecule has 0 fully saturated rings. The van der Waals surface area contributed by atoms with E-state index in [1.807, 2.05) is 6.07 Å². The van der Waals surface area contributed by atoms with Crippen LogP contribution in [-0.2, 0) is 34.5 Å². The van der Waals surface area contributed by atoms with Crippen LogP contribution in [-0.4, -0.2) is 37.2 Å². The van der Waals surface area contributed by atoms with E-state index in [9.17, 15) is 14.2 Å². The van der Waals surface area contributed by atoms with E-state index < -0.39 is 37.6 Å². The number of ether oxygens (including phenoxy) is 2. The minimum Gasteiger partial charge on any atom is -0.467 e. The summed E-state index contributed by atoms with van der Waals surface area (Å²) in [7, 11) is -2.94. The molecule has 1 amide bonds. The molecule has 0 bridgehead atoms. The van der Waals surface area contributed by atoms with E-state index in [0.29, 0.717) is 0 Å². The second-order valence-electron chi connectivity index (χ2n) is 5.98. The Morgan fingerprint density at radius 1 is 1.04 bits per heavy atom. The van der Waals surface area contributed by atoms with E-state index in [1.165, 1.54) is 0 Å². The fraction of sp³-hybridized carbons (Fsp3) is 0.529. The molecule has 26 heavy (non-hydrogen) atoms. The van der Waals surface area contributed by atoms with Gasteiger partial charge in [-0.15, -0.1) is 0 Å². The van der Waals surface area contributed by atoms with Crippen molar-refractivity contribution in [3.05, 3.63) is 35.9 Å². The Balaban J connectivity index is 2.91. The van der Waals surface area contributed by atoms with Crippen molar-refractivity contribution in [2.24, 2.45) is 0 Å². The number of methoxy groups -OCH3 is 1. The van der Waals surface area contributed by atoms with Crippen molar-refractivity contribution in [2.75, 3.05) is 7.11 Å². The minimum atomic E-state index is -4.05. The van der Waals surface area contributed by atoms with Gasteiger partial charge in [0, 0.05) is 0 Å². The lowest BCUT2D eigenvalue weighted by molar-refractivity contribution is -0.141. The quantitative estimate of drug-likeness (QED) is 0.512. The van der Waals surface area contributed by atoms with Crippen LogP contribution in [0.2, 0.25) is 0 Å². The Hall–Kier alpha value is -1.89. The highest BCUT2D eigenvalue weighted by molar-refractivity contribution is 7.55. The summed E-state index contributed by atoms with van der Waals surface area (Å²) in [6.07, 6.45) is -1.95. The van der Waals surface area contributed by atoms with Crippen molar-refractivity contribution in [1.29, 1.82) is 0 Å². The maximum Gasteiger partial charge on any atom is 0.408 e. The van der Waals surface area contributed by atoms with Crippen molar-refractivity contribution in [3.8, 4) is 0 Å². The fourth-order valence-corrected chi connectivity index (χ4v) is 4.09. The summed E-state index contributed by atoms with van der Waals surface area (Å²) in [4.78, 5) is 24.2. The number of rotatable bonds is 9. The van der Waals surface area contributed by atoms with E-state index in [1.54, 1.807) is 52.0 Å². The predicted octanol–water partition coefficient (Wildman–Crippen LogP) is 3.46. The van der Waals surface area contributed by atoms with Gasteiger partial charge in [0.1, 0.15) is 6.61 Å². The summed E-state index contributed by atoms with van der Waals surface area (Å²) < 4.78 is 33.6. The van der Waals surface area contributed by atoms with Crippen LogP contribution in [0.4, 0.5) is 4.79 Å². The molecular weight excluding hydrogens is 361 g/mol. The van der Waals surface area contributed by atoms with Crippen molar-refractivity contribution in [2.45, 2.75) is 52.3 Å². The zero-order chi connectivity index (χ0) is 19.7. The molecule has 8 nitrogen and oxygen atoms in total. The van der Waals surface area contributed by atoms with Crippen LogP contribution in [0.1, 0.15) is 33.3 Å². The third kappa shape index (κ3) is 7.15. The molecule has 1 aromatic carbocycles. The average molecular weight is 387 g/mol. The summed E-state index contributed by atoms with van der Waals surface area (Å²) >= 11 is 0. The number of esters is 1. The molecular formula is C17H26NO7P. The fourth-order valence-electron chi connectivity index (χ4n) is 1.99. The summed E-state index contributed by atoms with van der Waals surface area (Å²) in [5.41, 5.74) is 0.761. The normalized spacial score (nSPS) is 12.7. The second-order valence-corrected chi connectivity index (χ2v) is 8.00. The summed E-state index contributed by atoms with van der Waals surface area (Å²) in [5, 5.41) is 2.24. The maximum atomic E-state index is 13.1. The minimum absolute atomic E-state index is 0.0130. The van der Waals surface area contributed by atoms with Gasteiger partial charge in [-0.05, 0) is 33.3 Å². The molecule has 146 valence electrons. The standard InChI is InChI=1S/C17H26NO7P/c1-12(2)24-26(21,25-13(3)4)15(16(19)22-5)18-17(20)23-11-14-9-7-6-8-10-14/h6-10,12-13,15H,11H2,1-5H3,(H,18,20). The van der Waals surface area contributed by atoms with Gasteiger partial charge in [-0.3, -0.25) is 9.88 Å². The molecule has 1 rings (SSSR count). The molecule has 0 aliphatic carbocycles. The number of alkyl carbamates (subject to hydrolysis) is 1. The summed E-state index contributed by atoms with van der Waals surface area (Å²) in [5.74, 6) is -2.59. The van der Waals surface area contributed by atoms with Crippen LogP contribution in [0.5, 0.6) is 0 Å². The molecule has 0 saturated carbocycles. The van der Waals surface area contributed by atoms with E-state index >= 15 is 0 Å². The van der Waals surface area contributed by atoms with Gasteiger partial charge in [-0.2, -0.15) is 0 Å². The molecule has 0 aliphatic heterocycles. The number of carbonyl (C=O) groups excluding carboxylic acids is 2. The van der Waals surface area contributed by atoms with Gasteiger partial charge >= 0.3 is 19.7 Å². The van der Waals surface area contributed by atoms with E-state index in [-0.39, 0.29) is 6.61 Å². The summed E-state index contributed by atoms with van der Waals surface area (Å²) in [6.45, 7) is 6.54. The molecule has 0 saturated heterocycles. The van der Waals surface area contributed by atoms with Gasteiger partial charge in [-0.25, -0.2) is 9.59 Å². The van der Waals surface area contributed by atoms with E-state index in [4.69, 9.17) is 13.8 Å². The Kier molecular flexibility index (Phi) is 8.78. The lowest BCUT2D eigenvalue weighted by Crippen LogP contribution is -2.43. The maximum absolute atomic E-state index is 13.1. The highest BCUT2D eigenvalue weighted by Crippen LogP contribution is 2.54. The number of hydrogen-bond donors (Lipinski definition) is 1. The highest BCUT2D eigenvalue weighted by atomic mass is 31.2. The molecule has 1 atom stereocenters. The van der Waals surface area contributed by atoms with Gasteiger partial charge in [0.15, 0.2) is 0 Å². The van der Waals surface area contributed by atoms with Gasteiger partial charge in [-0.1, -0.05) is 30.3 Å². The predicted molar refractivity (Wildman–Crippen MR) is 95.6 cm³/mol. The molecule has 1 N–H and O–H groups in total. The largest absolute Gasteiger partial charge is 0.467 e. The molecule has 0 spiro atoms. The molecule has 1 aromatic rings. The smallest absolute Gasteiger partial charge is 0.408 e. The first kappa shape index (κ1) is 22.2. The van der Waals surface area contributed by atoms with Crippen LogP contribution in [0, 0.1) is 0 Å². The lowest BCUT2D eigenvalue weighted by atomic mass is 10.2. The van der Waals surface area contributed by atoms with Crippen molar-refractivity contribution in [1.82, 2.24) is 5.32 Å². The number of benzene rings is 1. The Bertz CT molecular complexity index is 619. The third-order valence-corrected chi connectivity index (χ3v) is 5.33. The van der Waals surface area contributed by atoms with E-state index in [2.05, 4.69) is 10.1 Å². The number of amides is 1. The van der Waals surface area contributed by atoms with Gasteiger partial charge < -0.3 is 18.5 Å². The SMILES string of the molecule is COC(=O)C(NC(=O)OCc1ccccc1)P(=O)(OC(C)C)OC(C)C. The third-order valence-electron chi connectivity index (χ3n) is 2.92. The van der Waals surface area contributed by atoms with Crippen molar-refractivity contribution in [3.63, 3.8) is 0 Å². The zero-order valence-corrected chi connectivity index (χ0v) is 16.5. The van der Waals surface area contributed by atoms with Crippen LogP contribution < -0.4 is 5.32 Å². The molecule has 0 radical (unpaired) electrons. The van der Waals surface area contributed by atoms with Gasteiger partial charge in [0.05, 0.1) is 19.3 Å². The second kappa shape index (κ2) is 10.3.